The Kier molecular flexibility index (Phi) is 5.40. The summed E-state index contributed by atoms with van der Waals surface area (Å²) in [4.78, 5) is 16.4. The first kappa shape index (κ1) is 18.9. The van der Waals surface area contributed by atoms with Crippen molar-refractivity contribution in [1.29, 1.82) is 0 Å². The second kappa shape index (κ2) is 8.29. The van der Waals surface area contributed by atoms with Crippen LogP contribution in [0.5, 0.6) is 5.75 Å². The Morgan fingerprint density at radius 3 is 2.79 bits per heavy atom. The van der Waals surface area contributed by atoms with Gasteiger partial charge in [0.2, 0.25) is 11.1 Å². The zero-order valence-electron chi connectivity index (χ0n) is 14.7. The summed E-state index contributed by atoms with van der Waals surface area (Å²) in [6.07, 6.45) is 2.93. The van der Waals surface area contributed by atoms with E-state index in [2.05, 4.69) is 30.9 Å². The molecule has 0 aliphatic rings. The SMILES string of the molecule is O=C(CSc1nnnn1-c1ccc(O)cc1)Nc1cc(Cl)ccc1-n1cncn1. The summed E-state index contributed by atoms with van der Waals surface area (Å²) >= 11 is 7.24. The van der Waals surface area contributed by atoms with Crippen LogP contribution in [-0.2, 0) is 4.79 Å². The molecule has 0 saturated heterocycles. The highest BCUT2D eigenvalue weighted by Gasteiger charge is 2.14. The fourth-order valence-corrected chi connectivity index (χ4v) is 3.34. The molecule has 4 rings (SSSR count). The molecular weight excluding hydrogens is 416 g/mol. The summed E-state index contributed by atoms with van der Waals surface area (Å²) in [7, 11) is 0. The molecule has 0 bridgehead atoms. The first-order valence-corrected chi connectivity index (χ1v) is 9.61. The van der Waals surface area contributed by atoms with Crippen molar-refractivity contribution in [1.82, 2.24) is 35.0 Å². The third-order valence-electron chi connectivity index (χ3n) is 3.77. The van der Waals surface area contributed by atoms with Crippen LogP contribution in [0.15, 0.2) is 60.3 Å². The number of benzene rings is 2. The van der Waals surface area contributed by atoms with Gasteiger partial charge < -0.3 is 10.4 Å². The summed E-state index contributed by atoms with van der Waals surface area (Å²) in [5, 5.41) is 28.8. The van der Waals surface area contributed by atoms with Gasteiger partial charge in [-0.3, -0.25) is 4.79 Å². The van der Waals surface area contributed by atoms with Crippen molar-refractivity contribution in [3.63, 3.8) is 0 Å². The average molecular weight is 429 g/mol. The van der Waals surface area contributed by atoms with Gasteiger partial charge in [0, 0.05) is 5.02 Å². The number of nitrogens with zero attached hydrogens (tertiary/aromatic N) is 7. The molecule has 0 atom stereocenters. The van der Waals surface area contributed by atoms with E-state index in [1.54, 1.807) is 30.3 Å². The van der Waals surface area contributed by atoms with Crippen molar-refractivity contribution < 1.29 is 9.90 Å². The first-order valence-electron chi connectivity index (χ1n) is 8.25. The number of carbonyl (C=O) groups excluding carboxylic acids is 1. The first-order chi connectivity index (χ1) is 14.1. The molecule has 146 valence electrons. The number of hydrogen-bond acceptors (Lipinski definition) is 8. The number of amides is 1. The summed E-state index contributed by atoms with van der Waals surface area (Å²) in [5.74, 6) is -0.0547. The van der Waals surface area contributed by atoms with Crippen LogP contribution in [0.3, 0.4) is 0 Å². The molecule has 10 nitrogen and oxygen atoms in total. The van der Waals surface area contributed by atoms with Gasteiger partial charge in [0.25, 0.3) is 0 Å². The second-order valence-corrected chi connectivity index (χ2v) is 7.11. The topological polar surface area (TPSA) is 124 Å². The number of phenolic OH excluding ortho intramolecular Hbond substituents is 1. The van der Waals surface area contributed by atoms with Crippen molar-refractivity contribution in [2.45, 2.75) is 5.16 Å². The third-order valence-corrected chi connectivity index (χ3v) is 4.92. The normalized spacial score (nSPS) is 10.8. The molecule has 2 aromatic heterocycles. The molecule has 0 aliphatic heterocycles. The van der Waals surface area contributed by atoms with Crippen LogP contribution in [0, 0.1) is 0 Å². The van der Waals surface area contributed by atoms with Gasteiger partial charge in [-0.15, -0.1) is 5.10 Å². The number of aromatic hydroxyl groups is 1. The lowest BCUT2D eigenvalue weighted by molar-refractivity contribution is -0.113. The largest absolute Gasteiger partial charge is 0.508 e. The molecular formula is C17H13ClN8O2S. The fraction of sp³-hybridized carbons (Fsp3) is 0.0588. The number of hydrogen-bond donors (Lipinski definition) is 2. The molecule has 0 saturated carbocycles. The molecule has 12 heteroatoms. The van der Waals surface area contributed by atoms with Gasteiger partial charge in [0.15, 0.2) is 0 Å². The molecule has 0 aliphatic carbocycles. The highest BCUT2D eigenvalue weighted by atomic mass is 35.5. The predicted octanol–water partition coefficient (Wildman–Crippen LogP) is 2.33. The minimum Gasteiger partial charge on any atom is -0.508 e. The van der Waals surface area contributed by atoms with Crippen molar-refractivity contribution in [2.24, 2.45) is 0 Å². The monoisotopic (exact) mass is 428 g/mol. The van der Waals surface area contributed by atoms with Gasteiger partial charge in [-0.05, 0) is 52.9 Å². The molecule has 2 heterocycles. The zero-order chi connectivity index (χ0) is 20.2. The lowest BCUT2D eigenvalue weighted by Gasteiger charge is -2.11. The molecule has 0 spiro atoms. The van der Waals surface area contributed by atoms with E-state index in [1.165, 1.54) is 45.9 Å². The Bertz CT molecular complexity index is 1130. The lowest BCUT2D eigenvalue weighted by Crippen LogP contribution is -2.16. The van der Waals surface area contributed by atoms with E-state index >= 15 is 0 Å². The summed E-state index contributed by atoms with van der Waals surface area (Å²) in [6.45, 7) is 0. The van der Waals surface area contributed by atoms with Crippen LogP contribution in [0.25, 0.3) is 11.4 Å². The zero-order valence-corrected chi connectivity index (χ0v) is 16.2. The Morgan fingerprint density at radius 1 is 1.21 bits per heavy atom. The van der Waals surface area contributed by atoms with Crippen LogP contribution in [0.4, 0.5) is 5.69 Å². The van der Waals surface area contributed by atoms with Crippen LogP contribution >= 0.6 is 23.4 Å². The van der Waals surface area contributed by atoms with E-state index in [9.17, 15) is 9.90 Å². The van der Waals surface area contributed by atoms with Gasteiger partial charge in [-0.25, -0.2) is 9.67 Å². The third kappa shape index (κ3) is 4.36. The Morgan fingerprint density at radius 2 is 2.03 bits per heavy atom. The average Bonchev–Trinajstić information content (AvgIpc) is 3.39. The summed E-state index contributed by atoms with van der Waals surface area (Å²) in [5.41, 5.74) is 1.81. The van der Waals surface area contributed by atoms with E-state index in [0.29, 0.717) is 27.2 Å². The lowest BCUT2D eigenvalue weighted by atomic mass is 10.2. The van der Waals surface area contributed by atoms with Crippen LogP contribution in [-0.4, -0.2) is 51.7 Å². The molecule has 4 aromatic rings. The highest BCUT2D eigenvalue weighted by molar-refractivity contribution is 7.99. The van der Waals surface area contributed by atoms with Gasteiger partial charge in [-0.2, -0.15) is 9.78 Å². The molecule has 2 N–H and O–H groups in total. The molecule has 0 unspecified atom stereocenters. The van der Waals surface area contributed by atoms with E-state index in [1.807, 2.05) is 0 Å². The van der Waals surface area contributed by atoms with Crippen LogP contribution in [0.2, 0.25) is 5.02 Å². The standard InChI is InChI=1S/C17H13ClN8O2S/c18-11-1-6-15(25-10-19-9-20-25)14(7-11)21-16(28)8-29-17-22-23-24-26(17)12-2-4-13(27)5-3-12/h1-7,9-10,27H,8H2,(H,21,28). The summed E-state index contributed by atoms with van der Waals surface area (Å²) in [6, 6.07) is 11.5. The molecule has 29 heavy (non-hydrogen) atoms. The molecule has 0 fully saturated rings. The Hall–Kier alpha value is -3.44. The maximum absolute atomic E-state index is 12.5. The maximum atomic E-state index is 12.5. The smallest absolute Gasteiger partial charge is 0.234 e. The molecule has 0 radical (unpaired) electrons. The van der Waals surface area contributed by atoms with Gasteiger partial charge in [-0.1, -0.05) is 23.4 Å². The Labute approximate surface area is 173 Å². The van der Waals surface area contributed by atoms with Gasteiger partial charge in [0.05, 0.1) is 22.8 Å². The number of halogens is 1. The maximum Gasteiger partial charge on any atom is 0.234 e. The quantitative estimate of drug-likeness (QED) is 0.448. The number of carbonyl (C=O) groups is 1. The van der Waals surface area contributed by atoms with Crippen molar-refractivity contribution in [3.8, 4) is 17.1 Å². The van der Waals surface area contributed by atoms with E-state index < -0.39 is 0 Å². The van der Waals surface area contributed by atoms with E-state index in [4.69, 9.17) is 11.6 Å². The number of rotatable bonds is 6. The number of phenols is 1. The number of aromatic nitrogens is 7. The molecule has 2 aromatic carbocycles. The second-order valence-electron chi connectivity index (χ2n) is 5.73. The number of anilines is 1. The number of tetrazole rings is 1. The number of thioether (sulfide) groups is 1. The minimum absolute atomic E-state index is 0.0712. The Balaban J connectivity index is 1.47. The fourth-order valence-electron chi connectivity index (χ4n) is 2.48. The number of nitrogens with one attached hydrogen (secondary N) is 1. The summed E-state index contributed by atoms with van der Waals surface area (Å²) < 4.78 is 3.02. The molecule has 1 amide bonds. The van der Waals surface area contributed by atoms with Crippen molar-refractivity contribution in [3.05, 3.63) is 60.1 Å². The van der Waals surface area contributed by atoms with E-state index in [0.717, 1.165) is 0 Å². The van der Waals surface area contributed by atoms with Gasteiger partial charge in [0.1, 0.15) is 18.4 Å². The van der Waals surface area contributed by atoms with Crippen LogP contribution < -0.4 is 5.32 Å². The van der Waals surface area contributed by atoms with Gasteiger partial charge >= 0.3 is 0 Å². The highest BCUT2D eigenvalue weighted by Crippen LogP contribution is 2.25. The van der Waals surface area contributed by atoms with E-state index in [-0.39, 0.29) is 17.4 Å². The van der Waals surface area contributed by atoms with Crippen molar-refractivity contribution >= 4 is 35.0 Å². The minimum atomic E-state index is -0.265. The van der Waals surface area contributed by atoms with Crippen LogP contribution in [0.1, 0.15) is 0 Å². The predicted molar refractivity (Wildman–Crippen MR) is 107 cm³/mol. The van der Waals surface area contributed by atoms with Crippen molar-refractivity contribution in [2.75, 3.05) is 11.1 Å².